The standard InChI is InChI=1S/C14H19N3O3/c1-9-12(4-3-5-13(9)17(19)20)14(18)16-7-6-11(8-16)10(2)15/h3-5,10-11H,6-8,15H2,1-2H3. The molecule has 1 fully saturated rings. The molecule has 2 atom stereocenters. The minimum atomic E-state index is -0.457. The van der Waals surface area contributed by atoms with E-state index in [1.165, 1.54) is 6.07 Å². The molecule has 2 N–H and O–H groups in total. The maximum Gasteiger partial charge on any atom is 0.273 e. The Labute approximate surface area is 117 Å². The van der Waals surface area contributed by atoms with Crippen molar-refractivity contribution in [2.45, 2.75) is 26.3 Å². The number of benzene rings is 1. The molecule has 108 valence electrons. The first-order chi connectivity index (χ1) is 9.41. The third-order valence-corrected chi connectivity index (χ3v) is 3.99. The zero-order valence-corrected chi connectivity index (χ0v) is 11.7. The molecule has 1 amide bonds. The fraction of sp³-hybridized carbons (Fsp3) is 0.500. The molecule has 0 saturated carbocycles. The van der Waals surface area contributed by atoms with E-state index < -0.39 is 4.92 Å². The van der Waals surface area contributed by atoms with Crippen molar-refractivity contribution >= 4 is 11.6 Å². The van der Waals surface area contributed by atoms with Crippen LogP contribution in [0, 0.1) is 23.0 Å². The van der Waals surface area contributed by atoms with Gasteiger partial charge in [-0.1, -0.05) is 6.07 Å². The van der Waals surface area contributed by atoms with Crippen LogP contribution in [0.3, 0.4) is 0 Å². The highest BCUT2D eigenvalue weighted by atomic mass is 16.6. The number of nitro benzene ring substituents is 1. The summed E-state index contributed by atoms with van der Waals surface area (Å²) in [6, 6.07) is 4.67. The quantitative estimate of drug-likeness (QED) is 0.672. The fourth-order valence-corrected chi connectivity index (χ4v) is 2.62. The second-order valence-electron chi connectivity index (χ2n) is 5.37. The van der Waals surface area contributed by atoms with Crippen LogP contribution >= 0.6 is 0 Å². The second kappa shape index (κ2) is 5.58. The maximum atomic E-state index is 12.5. The number of nitrogens with zero attached hydrogens (tertiary/aromatic N) is 2. The van der Waals surface area contributed by atoms with Crippen LogP contribution < -0.4 is 5.73 Å². The Kier molecular flexibility index (Phi) is 4.04. The Morgan fingerprint density at radius 1 is 1.55 bits per heavy atom. The summed E-state index contributed by atoms with van der Waals surface area (Å²) in [5.74, 6) is 0.160. The van der Waals surface area contributed by atoms with Crippen LogP contribution in [0.1, 0.15) is 29.3 Å². The SMILES string of the molecule is Cc1c(C(=O)N2CCC(C(C)N)C2)cccc1[N+](=O)[O-]. The summed E-state index contributed by atoms with van der Waals surface area (Å²) in [6.07, 6.45) is 0.886. The summed E-state index contributed by atoms with van der Waals surface area (Å²) < 4.78 is 0. The smallest absolute Gasteiger partial charge is 0.273 e. The molecule has 6 heteroatoms. The second-order valence-corrected chi connectivity index (χ2v) is 5.37. The van der Waals surface area contributed by atoms with E-state index in [4.69, 9.17) is 5.73 Å². The number of nitro groups is 1. The highest BCUT2D eigenvalue weighted by Gasteiger charge is 2.30. The van der Waals surface area contributed by atoms with E-state index in [1.54, 1.807) is 24.0 Å². The van der Waals surface area contributed by atoms with E-state index in [1.807, 2.05) is 6.92 Å². The average molecular weight is 277 g/mol. The lowest BCUT2D eigenvalue weighted by Crippen LogP contribution is -2.33. The van der Waals surface area contributed by atoms with Crippen LogP contribution in [-0.2, 0) is 0 Å². The number of hydrogen-bond acceptors (Lipinski definition) is 4. The topological polar surface area (TPSA) is 89.5 Å². The lowest BCUT2D eigenvalue weighted by Gasteiger charge is -2.19. The number of likely N-dealkylation sites (tertiary alicyclic amines) is 1. The molecule has 0 bridgehead atoms. The molecule has 0 spiro atoms. The first kappa shape index (κ1) is 14.5. The molecule has 1 heterocycles. The lowest BCUT2D eigenvalue weighted by atomic mass is 10.0. The van der Waals surface area contributed by atoms with Crippen LogP contribution in [0.2, 0.25) is 0 Å². The summed E-state index contributed by atoms with van der Waals surface area (Å²) in [7, 11) is 0. The largest absolute Gasteiger partial charge is 0.338 e. The molecule has 20 heavy (non-hydrogen) atoms. The number of hydrogen-bond donors (Lipinski definition) is 1. The van der Waals surface area contributed by atoms with E-state index in [-0.39, 0.29) is 17.6 Å². The summed E-state index contributed by atoms with van der Waals surface area (Å²) >= 11 is 0. The van der Waals surface area contributed by atoms with Crippen molar-refractivity contribution < 1.29 is 9.72 Å². The molecule has 2 rings (SSSR count). The summed E-state index contributed by atoms with van der Waals surface area (Å²) in [5.41, 5.74) is 6.68. The Hall–Kier alpha value is -1.95. The van der Waals surface area contributed by atoms with Gasteiger partial charge in [-0.05, 0) is 32.3 Å². The fourth-order valence-electron chi connectivity index (χ4n) is 2.62. The van der Waals surface area contributed by atoms with Gasteiger partial charge in [0.1, 0.15) is 0 Å². The molecule has 1 aromatic carbocycles. The molecule has 0 aliphatic carbocycles. The van der Waals surface area contributed by atoms with Gasteiger partial charge in [-0.25, -0.2) is 0 Å². The van der Waals surface area contributed by atoms with Crippen LogP contribution in [0.4, 0.5) is 5.69 Å². The molecule has 1 aromatic rings. The van der Waals surface area contributed by atoms with E-state index in [0.29, 0.717) is 30.1 Å². The number of rotatable bonds is 3. The van der Waals surface area contributed by atoms with Crippen molar-refractivity contribution in [3.63, 3.8) is 0 Å². The minimum absolute atomic E-state index is 0.0150. The van der Waals surface area contributed by atoms with Crippen molar-refractivity contribution in [2.75, 3.05) is 13.1 Å². The highest BCUT2D eigenvalue weighted by Crippen LogP contribution is 2.25. The van der Waals surface area contributed by atoms with Crippen LogP contribution in [0.25, 0.3) is 0 Å². The molecule has 0 aromatic heterocycles. The van der Waals surface area contributed by atoms with Crippen LogP contribution in [0.15, 0.2) is 18.2 Å². The van der Waals surface area contributed by atoms with Crippen LogP contribution in [-0.4, -0.2) is 34.9 Å². The molecule has 6 nitrogen and oxygen atoms in total. The first-order valence-corrected chi connectivity index (χ1v) is 6.70. The molecular weight excluding hydrogens is 258 g/mol. The average Bonchev–Trinajstić information content (AvgIpc) is 2.87. The van der Waals surface area contributed by atoms with Gasteiger partial charge in [0.05, 0.1) is 4.92 Å². The van der Waals surface area contributed by atoms with Crippen molar-refractivity contribution in [3.8, 4) is 0 Å². The zero-order chi connectivity index (χ0) is 14.9. The first-order valence-electron chi connectivity index (χ1n) is 6.70. The van der Waals surface area contributed by atoms with Gasteiger partial charge in [0.15, 0.2) is 0 Å². The van der Waals surface area contributed by atoms with E-state index in [0.717, 1.165) is 6.42 Å². The normalized spacial score (nSPS) is 19.9. The van der Waals surface area contributed by atoms with Gasteiger partial charge in [0, 0.05) is 36.3 Å². The van der Waals surface area contributed by atoms with Crippen LogP contribution in [0.5, 0.6) is 0 Å². The number of nitrogens with two attached hydrogens (primary N) is 1. The van der Waals surface area contributed by atoms with Gasteiger partial charge in [-0.2, -0.15) is 0 Å². The van der Waals surface area contributed by atoms with E-state index >= 15 is 0 Å². The molecular formula is C14H19N3O3. The third kappa shape index (κ3) is 2.65. The van der Waals surface area contributed by atoms with E-state index in [9.17, 15) is 14.9 Å². The lowest BCUT2D eigenvalue weighted by molar-refractivity contribution is -0.385. The predicted molar refractivity (Wildman–Crippen MR) is 75.5 cm³/mol. The Balaban J connectivity index is 2.23. The molecule has 2 unspecified atom stereocenters. The third-order valence-electron chi connectivity index (χ3n) is 3.99. The summed E-state index contributed by atoms with van der Waals surface area (Å²) in [4.78, 5) is 24.7. The van der Waals surface area contributed by atoms with Gasteiger partial charge in [-0.3, -0.25) is 14.9 Å². The number of carbonyl (C=O) groups is 1. The van der Waals surface area contributed by atoms with Gasteiger partial charge in [0.2, 0.25) is 0 Å². The van der Waals surface area contributed by atoms with Gasteiger partial charge >= 0.3 is 0 Å². The van der Waals surface area contributed by atoms with E-state index in [2.05, 4.69) is 0 Å². The highest BCUT2D eigenvalue weighted by molar-refractivity contribution is 5.96. The Morgan fingerprint density at radius 2 is 2.25 bits per heavy atom. The summed E-state index contributed by atoms with van der Waals surface area (Å²) in [6.45, 7) is 4.84. The summed E-state index contributed by atoms with van der Waals surface area (Å²) in [5, 5.41) is 10.9. The van der Waals surface area contributed by atoms with Gasteiger partial charge in [0.25, 0.3) is 11.6 Å². The monoisotopic (exact) mass is 277 g/mol. The van der Waals surface area contributed by atoms with Gasteiger partial charge < -0.3 is 10.6 Å². The molecule has 1 aliphatic heterocycles. The molecule has 1 saturated heterocycles. The Bertz CT molecular complexity index is 542. The number of amides is 1. The molecule has 0 radical (unpaired) electrons. The molecule has 1 aliphatic rings. The minimum Gasteiger partial charge on any atom is -0.338 e. The van der Waals surface area contributed by atoms with Crippen molar-refractivity contribution in [1.82, 2.24) is 4.90 Å². The van der Waals surface area contributed by atoms with Gasteiger partial charge in [-0.15, -0.1) is 0 Å². The van der Waals surface area contributed by atoms with Crippen molar-refractivity contribution in [1.29, 1.82) is 0 Å². The Morgan fingerprint density at radius 3 is 2.80 bits per heavy atom. The van der Waals surface area contributed by atoms with Crippen molar-refractivity contribution in [3.05, 3.63) is 39.4 Å². The predicted octanol–water partition coefficient (Wildman–Crippen LogP) is 1.71. The van der Waals surface area contributed by atoms with Crippen molar-refractivity contribution in [2.24, 2.45) is 11.7 Å². The number of carbonyl (C=O) groups excluding carboxylic acids is 1. The maximum absolute atomic E-state index is 12.5. The zero-order valence-electron chi connectivity index (χ0n) is 11.7.